The number of nitrogens with zero attached hydrogens (tertiary/aromatic N) is 2. The molecule has 1 fully saturated rings. The number of sulfonamides is 1. The molecule has 1 aliphatic rings. The lowest BCUT2D eigenvalue weighted by Crippen LogP contribution is -2.46. The molecule has 1 aliphatic heterocycles. The van der Waals surface area contributed by atoms with Crippen molar-refractivity contribution in [3.05, 3.63) is 29.8 Å². The SMILES string of the molecule is CC(=O)N(CCc1ccc(S(N)(=O)=O)cc1)CC(=O)N1CCCC(C)C1. The number of benzene rings is 1. The van der Waals surface area contributed by atoms with E-state index in [-0.39, 0.29) is 23.3 Å². The second-order valence-corrected chi connectivity index (χ2v) is 8.53. The summed E-state index contributed by atoms with van der Waals surface area (Å²) in [5, 5.41) is 5.08. The fourth-order valence-corrected chi connectivity index (χ4v) is 3.65. The highest BCUT2D eigenvalue weighted by atomic mass is 32.2. The Morgan fingerprint density at radius 3 is 2.46 bits per heavy atom. The van der Waals surface area contributed by atoms with Crippen LogP contribution in [0.2, 0.25) is 0 Å². The molecule has 144 valence electrons. The van der Waals surface area contributed by atoms with E-state index in [2.05, 4.69) is 6.92 Å². The smallest absolute Gasteiger partial charge is 0.242 e. The van der Waals surface area contributed by atoms with Gasteiger partial charge < -0.3 is 9.80 Å². The van der Waals surface area contributed by atoms with Crippen LogP contribution in [0.4, 0.5) is 0 Å². The van der Waals surface area contributed by atoms with Crippen molar-refractivity contribution in [1.82, 2.24) is 9.80 Å². The molecule has 0 bridgehead atoms. The summed E-state index contributed by atoms with van der Waals surface area (Å²) in [6.45, 7) is 5.57. The summed E-state index contributed by atoms with van der Waals surface area (Å²) in [6.07, 6.45) is 2.67. The second kappa shape index (κ2) is 8.64. The van der Waals surface area contributed by atoms with Gasteiger partial charge in [-0.25, -0.2) is 13.6 Å². The lowest BCUT2D eigenvalue weighted by atomic mass is 10.0. The molecular formula is C18H27N3O4S. The molecule has 1 aromatic rings. The zero-order chi connectivity index (χ0) is 19.3. The van der Waals surface area contributed by atoms with Gasteiger partial charge in [0.2, 0.25) is 21.8 Å². The molecular weight excluding hydrogens is 354 g/mol. The van der Waals surface area contributed by atoms with Crippen LogP contribution in [0.25, 0.3) is 0 Å². The number of rotatable bonds is 6. The minimum atomic E-state index is -3.71. The standard InChI is InChI=1S/C18H27N3O4S/c1-14-4-3-10-21(12-14)18(23)13-20(15(2)22)11-9-16-5-7-17(8-6-16)26(19,24)25/h5-8,14H,3-4,9-13H2,1-2H3,(H2,19,24,25). The lowest BCUT2D eigenvalue weighted by Gasteiger charge is -2.32. The molecule has 2 amide bonds. The monoisotopic (exact) mass is 381 g/mol. The van der Waals surface area contributed by atoms with Crippen molar-refractivity contribution in [2.45, 2.75) is 38.0 Å². The van der Waals surface area contributed by atoms with E-state index < -0.39 is 10.0 Å². The fourth-order valence-electron chi connectivity index (χ4n) is 3.14. The van der Waals surface area contributed by atoms with Gasteiger partial charge in [-0.15, -0.1) is 0 Å². The van der Waals surface area contributed by atoms with Crippen molar-refractivity contribution in [2.75, 3.05) is 26.2 Å². The number of hydrogen-bond donors (Lipinski definition) is 1. The number of carbonyl (C=O) groups excluding carboxylic acids is 2. The topological polar surface area (TPSA) is 101 Å². The molecule has 1 aromatic carbocycles. The third kappa shape index (κ3) is 5.81. The molecule has 26 heavy (non-hydrogen) atoms. The zero-order valence-electron chi connectivity index (χ0n) is 15.3. The highest BCUT2D eigenvalue weighted by molar-refractivity contribution is 7.89. The first-order valence-electron chi connectivity index (χ1n) is 8.82. The van der Waals surface area contributed by atoms with Crippen molar-refractivity contribution in [2.24, 2.45) is 11.1 Å². The average molecular weight is 381 g/mol. The van der Waals surface area contributed by atoms with Gasteiger partial charge in [0.1, 0.15) is 0 Å². The Labute approximate surface area is 155 Å². The Kier molecular flexibility index (Phi) is 6.77. The summed E-state index contributed by atoms with van der Waals surface area (Å²) < 4.78 is 22.6. The minimum absolute atomic E-state index is 0.0173. The quantitative estimate of drug-likeness (QED) is 0.794. The molecule has 1 heterocycles. The van der Waals surface area contributed by atoms with Crippen molar-refractivity contribution >= 4 is 21.8 Å². The van der Waals surface area contributed by atoms with Crippen LogP contribution in [0.3, 0.4) is 0 Å². The Morgan fingerprint density at radius 1 is 1.27 bits per heavy atom. The van der Waals surface area contributed by atoms with Gasteiger partial charge in [0.15, 0.2) is 0 Å². The van der Waals surface area contributed by atoms with E-state index in [1.807, 2.05) is 4.90 Å². The van der Waals surface area contributed by atoms with Crippen LogP contribution < -0.4 is 5.14 Å². The van der Waals surface area contributed by atoms with Gasteiger partial charge in [-0.05, 0) is 42.9 Å². The maximum Gasteiger partial charge on any atom is 0.242 e. The molecule has 8 heteroatoms. The number of amides is 2. The normalized spacial score (nSPS) is 17.8. The molecule has 0 aliphatic carbocycles. The Balaban J connectivity index is 1.93. The highest BCUT2D eigenvalue weighted by Crippen LogP contribution is 2.16. The summed E-state index contributed by atoms with van der Waals surface area (Å²) in [6, 6.07) is 6.24. The first-order valence-corrected chi connectivity index (χ1v) is 10.4. The van der Waals surface area contributed by atoms with Gasteiger partial charge in [-0.3, -0.25) is 9.59 Å². The van der Waals surface area contributed by atoms with Gasteiger partial charge in [-0.1, -0.05) is 19.1 Å². The van der Waals surface area contributed by atoms with Crippen LogP contribution in [-0.4, -0.2) is 56.2 Å². The summed E-state index contributed by atoms with van der Waals surface area (Å²) in [7, 11) is -3.71. The predicted octanol–water partition coefficient (Wildman–Crippen LogP) is 0.984. The summed E-state index contributed by atoms with van der Waals surface area (Å²) in [5.74, 6) is 0.330. The summed E-state index contributed by atoms with van der Waals surface area (Å²) >= 11 is 0. The van der Waals surface area contributed by atoms with E-state index in [9.17, 15) is 18.0 Å². The van der Waals surface area contributed by atoms with E-state index in [4.69, 9.17) is 5.14 Å². The molecule has 2 N–H and O–H groups in total. The number of likely N-dealkylation sites (tertiary alicyclic amines) is 1. The van der Waals surface area contributed by atoms with Gasteiger partial charge in [0, 0.05) is 26.6 Å². The van der Waals surface area contributed by atoms with Crippen LogP contribution in [0.1, 0.15) is 32.3 Å². The molecule has 1 saturated heterocycles. The highest BCUT2D eigenvalue weighted by Gasteiger charge is 2.23. The Bertz CT molecular complexity index is 746. The van der Waals surface area contributed by atoms with E-state index in [0.717, 1.165) is 31.5 Å². The number of hydrogen-bond acceptors (Lipinski definition) is 4. The maximum absolute atomic E-state index is 12.5. The van der Waals surface area contributed by atoms with E-state index in [1.165, 1.54) is 24.0 Å². The third-order valence-electron chi connectivity index (χ3n) is 4.70. The predicted molar refractivity (Wildman–Crippen MR) is 98.8 cm³/mol. The molecule has 2 rings (SSSR count). The summed E-state index contributed by atoms with van der Waals surface area (Å²) in [5.41, 5.74) is 0.877. The molecule has 0 radical (unpaired) electrons. The van der Waals surface area contributed by atoms with Crippen molar-refractivity contribution in [3.63, 3.8) is 0 Å². The second-order valence-electron chi connectivity index (χ2n) is 6.97. The average Bonchev–Trinajstić information content (AvgIpc) is 2.57. The van der Waals surface area contributed by atoms with Crippen LogP contribution >= 0.6 is 0 Å². The van der Waals surface area contributed by atoms with Crippen LogP contribution in [0, 0.1) is 5.92 Å². The number of nitrogens with two attached hydrogens (primary N) is 1. The van der Waals surface area contributed by atoms with E-state index >= 15 is 0 Å². The van der Waals surface area contributed by atoms with E-state index in [1.54, 1.807) is 12.1 Å². The first-order chi connectivity index (χ1) is 12.2. The van der Waals surface area contributed by atoms with Gasteiger partial charge >= 0.3 is 0 Å². The van der Waals surface area contributed by atoms with Gasteiger partial charge in [0.05, 0.1) is 11.4 Å². The number of primary sulfonamides is 1. The first kappa shape index (κ1) is 20.4. The van der Waals surface area contributed by atoms with Gasteiger partial charge in [-0.2, -0.15) is 0 Å². The van der Waals surface area contributed by atoms with E-state index in [0.29, 0.717) is 18.9 Å². The van der Waals surface area contributed by atoms with Crippen LogP contribution in [0.15, 0.2) is 29.2 Å². The molecule has 1 atom stereocenters. The number of carbonyl (C=O) groups is 2. The molecule has 0 aromatic heterocycles. The lowest BCUT2D eigenvalue weighted by molar-refractivity contribution is -0.140. The van der Waals surface area contributed by atoms with Crippen molar-refractivity contribution in [3.8, 4) is 0 Å². The largest absolute Gasteiger partial charge is 0.341 e. The minimum Gasteiger partial charge on any atom is -0.341 e. The third-order valence-corrected chi connectivity index (χ3v) is 5.63. The van der Waals surface area contributed by atoms with Gasteiger partial charge in [0.25, 0.3) is 0 Å². The molecule has 1 unspecified atom stereocenters. The number of piperidine rings is 1. The molecule has 0 saturated carbocycles. The van der Waals surface area contributed by atoms with Crippen molar-refractivity contribution < 1.29 is 18.0 Å². The Morgan fingerprint density at radius 2 is 1.92 bits per heavy atom. The Hall–Kier alpha value is -1.93. The van der Waals surface area contributed by atoms with Crippen LogP contribution in [0.5, 0.6) is 0 Å². The fraction of sp³-hybridized carbons (Fsp3) is 0.556. The zero-order valence-corrected chi connectivity index (χ0v) is 16.2. The summed E-state index contributed by atoms with van der Waals surface area (Å²) in [4.78, 5) is 27.8. The van der Waals surface area contributed by atoms with Crippen LogP contribution in [-0.2, 0) is 26.0 Å². The maximum atomic E-state index is 12.5. The molecule has 0 spiro atoms. The molecule has 7 nitrogen and oxygen atoms in total. The van der Waals surface area contributed by atoms with Crippen molar-refractivity contribution in [1.29, 1.82) is 0 Å².